The minimum atomic E-state index is -0.292. The minimum Gasteiger partial charge on any atom is -0.423 e. The third kappa shape index (κ3) is 2.27. The Bertz CT molecular complexity index is 523. The number of hydrogen-bond donors (Lipinski definition) is 0. The Morgan fingerprint density at radius 3 is 2.73 bits per heavy atom. The number of fused-ring (bicyclic) bond motifs is 1. The first kappa shape index (κ1) is 9.97. The van der Waals surface area contributed by atoms with Gasteiger partial charge in [0.25, 0.3) is 0 Å². The van der Waals surface area contributed by atoms with Gasteiger partial charge in [0, 0.05) is 11.5 Å². The zero-order valence-corrected chi connectivity index (χ0v) is 8.99. The van der Waals surface area contributed by atoms with Gasteiger partial charge in [0.05, 0.1) is 0 Å². The Balaban J connectivity index is 2.47. The van der Waals surface area contributed by atoms with Crippen LogP contribution in [0.15, 0.2) is 39.5 Å². The Morgan fingerprint density at radius 2 is 2.00 bits per heavy atom. The first-order valence-electron chi connectivity index (χ1n) is 5.18. The fourth-order valence-corrected chi connectivity index (χ4v) is 1.72. The highest BCUT2D eigenvalue weighted by Gasteiger charge is 2.01. The molecule has 2 nitrogen and oxygen atoms in total. The average Bonchev–Trinajstić information content (AvgIpc) is 2.17. The first-order valence-corrected chi connectivity index (χ1v) is 5.18. The second-order valence-electron chi connectivity index (χ2n) is 4.22. The molecule has 2 rings (SSSR count). The van der Waals surface area contributed by atoms with Crippen LogP contribution in [0.25, 0.3) is 11.0 Å². The van der Waals surface area contributed by atoms with Crippen molar-refractivity contribution in [2.24, 2.45) is 5.92 Å². The van der Waals surface area contributed by atoms with Crippen LogP contribution < -0.4 is 5.63 Å². The molecular weight excluding hydrogens is 188 g/mol. The topological polar surface area (TPSA) is 30.2 Å². The van der Waals surface area contributed by atoms with Crippen LogP contribution in [0.5, 0.6) is 0 Å². The molecule has 2 heteroatoms. The van der Waals surface area contributed by atoms with Crippen LogP contribution in [0, 0.1) is 5.92 Å². The van der Waals surface area contributed by atoms with Crippen LogP contribution in [0.2, 0.25) is 0 Å². The smallest absolute Gasteiger partial charge is 0.336 e. The summed E-state index contributed by atoms with van der Waals surface area (Å²) in [5, 5.41) is 0.993. The van der Waals surface area contributed by atoms with E-state index in [0.29, 0.717) is 11.5 Å². The molecule has 78 valence electrons. The highest BCUT2D eigenvalue weighted by Crippen LogP contribution is 2.16. The zero-order chi connectivity index (χ0) is 10.8. The quantitative estimate of drug-likeness (QED) is 0.701. The molecule has 15 heavy (non-hydrogen) atoms. The molecule has 0 saturated heterocycles. The van der Waals surface area contributed by atoms with E-state index in [1.54, 1.807) is 0 Å². The maximum atomic E-state index is 11.0. The van der Waals surface area contributed by atoms with Crippen LogP contribution in [0.4, 0.5) is 0 Å². The van der Waals surface area contributed by atoms with E-state index in [1.807, 2.05) is 18.2 Å². The van der Waals surface area contributed by atoms with Crippen molar-refractivity contribution in [2.75, 3.05) is 0 Å². The van der Waals surface area contributed by atoms with Crippen molar-refractivity contribution < 1.29 is 4.42 Å². The molecule has 0 aliphatic carbocycles. The van der Waals surface area contributed by atoms with E-state index in [2.05, 4.69) is 19.9 Å². The van der Waals surface area contributed by atoms with E-state index < -0.39 is 0 Å². The Labute approximate surface area is 88.5 Å². The summed E-state index contributed by atoms with van der Waals surface area (Å²) in [6.07, 6.45) is 1.05. The highest BCUT2D eigenvalue weighted by atomic mass is 16.4. The van der Waals surface area contributed by atoms with Crippen molar-refractivity contribution in [3.8, 4) is 0 Å². The van der Waals surface area contributed by atoms with Crippen molar-refractivity contribution in [3.63, 3.8) is 0 Å². The van der Waals surface area contributed by atoms with Crippen LogP contribution in [-0.4, -0.2) is 0 Å². The monoisotopic (exact) mass is 202 g/mol. The SMILES string of the molecule is CC(C)Cc1ccc2oc(=O)ccc2c1. The van der Waals surface area contributed by atoms with Gasteiger partial charge in [-0.25, -0.2) is 4.79 Å². The van der Waals surface area contributed by atoms with Crippen molar-refractivity contribution in [2.45, 2.75) is 20.3 Å². The van der Waals surface area contributed by atoms with Gasteiger partial charge >= 0.3 is 5.63 Å². The molecule has 0 N–H and O–H groups in total. The molecule has 0 spiro atoms. The average molecular weight is 202 g/mol. The molecule has 0 unspecified atom stereocenters. The van der Waals surface area contributed by atoms with Crippen LogP contribution in [0.1, 0.15) is 19.4 Å². The number of hydrogen-bond acceptors (Lipinski definition) is 2. The Kier molecular flexibility index (Phi) is 2.58. The largest absolute Gasteiger partial charge is 0.423 e. The second kappa shape index (κ2) is 3.89. The molecule has 0 bridgehead atoms. The van der Waals surface area contributed by atoms with E-state index in [4.69, 9.17) is 4.42 Å². The fraction of sp³-hybridized carbons (Fsp3) is 0.308. The van der Waals surface area contributed by atoms with Gasteiger partial charge in [-0.1, -0.05) is 19.9 Å². The summed E-state index contributed by atoms with van der Waals surface area (Å²) < 4.78 is 5.07. The summed E-state index contributed by atoms with van der Waals surface area (Å²) in [7, 11) is 0. The van der Waals surface area contributed by atoms with Crippen molar-refractivity contribution >= 4 is 11.0 Å². The summed E-state index contributed by atoms with van der Waals surface area (Å²) in [6, 6.07) is 9.24. The highest BCUT2D eigenvalue weighted by molar-refractivity contribution is 5.76. The van der Waals surface area contributed by atoms with Crippen molar-refractivity contribution in [3.05, 3.63) is 46.3 Å². The van der Waals surface area contributed by atoms with Crippen LogP contribution >= 0.6 is 0 Å². The predicted octanol–water partition coefficient (Wildman–Crippen LogP) is 2.99. The third-order valence-corrected chi connectivity index (χ3v) is 2.33. The summed E-state index contributed by atoms with van der Waals surface area (Å²) in [6.45, 7) is 4.38. The molecule has 0 atom stereocenters. The fourth-order valence-electron chi connectivity index (χ4n) is 1.72. The normalized spacial score (nSPS) is 11.1. The van der Waals surface area contributed by atoms with Gasteiger partial charge in [0.15, 0.2) is 0 Å². The summed E-state index contributed by atoms with van der Waals surface area (Å²) in [4.78, 5) is 11.0. The predicted molar refractivity (Wildman–Crippen MR) is 61.0 cm³/mol. The molecule has 1 aromatic heterocycles. The molecule has 1 heterocycles. The lowest BCUT2D eigenvalue weighted by Gasteiger charge is -2.05. The zero-order valence-electron chi connectivity index (χ0n) is 8.99. The lowest BCUT2D eigenvalue weighted by Crippen LogP contribution is -1.96. The summed E-state index contributed by atoms with van der Waals surface area (Å²) in [5.41, 5.74) is 1.65. The first-order chi connectivity index (χ1) is 7.15. The third-order valence-electron chi connectivity index (χ3n) is 2.33. The molecule has 0 amide bonds. The maximum Gasteiger partial charge on any atom is 0.336 e. The summed E-state index contributed by atoms with van der Waals surface area (Å²) >= 11 is 0. The number of benzene rings is 1. The van der Waals surface area contributed by atoms with Crippen molar-refractivity contribution in [1.82, 2.24) is 0 Å². The Hall–Kier alpha value is -1.57. The van der Waals surface area contributed by atoms with Gasteiger partial charge in [0.2, 0.25) is 0 Å². The van der Waals surface area contributed by atoms with E-state index in [-0.39, 0.29) is 5.63 Å². The molecule has 0 aliphatic heterocycles. The minimum absolute atomic E-state index is 0.292. The van der Waals surface area contributed by atoms with Gasteiger partial charge in [0.1, 0.15) is 5.58 Å². The van der Waals surface area contributed by atoms with Gasteiger partial charge in [-0.05, 0) is 36.1 Å². The lowest BCUT2D eigenvalue weighted by molar-refractivity contribution is 0.560. The van der Waals surface area contributed by atoms with E-state index in [1.165, 1.54) is 11.6 Å². The lowest BCUT2D eigenvalue weighted by atomic mass is 10.0. The van der Waals surface area contributed by atoms with E-state index in [9.17, 15) is 4.79 Å². The van der Waals surface area contributed by atoms with Crippen molar-refractivity contribution in [1.29, 1.82) is 0 Å². The molecule has 2 aromatic rings. The molecule has 0 saturated carbocycles. The molecule has 0 fully saturated rings. The van der Waals surface area contributed by atoms with Gasteiger partial charge < -0.3 is 4.42 Å². The number of rotatable bonds is 2. The summed E-state index contributed by atoms with van der Waals surface area (Å²) in [5.74, 6) is 0.637. The van der Waals surface area contributed by atoms with Gasteiger partial charge in [-0.3, -0.25) is 0 Å². The standard InChI is InChI=1S/C13H14O2/c1-9(2)7-10-3-5-12-11(8-10)4-6-13(14)15-12/h3-6,8-9H,7H2,1-2H3. The maximum absolute atomic E-state index is 11.0. The Morgan fingerprint density at radius 1 is 1.20 bits per heavy atom. The van der Waals surface area contributed by atoms with E-state index in [0.717, 1.165) is 11.8 Å². The second-order valence-corrected chi connectivity index (χ2v) is 4.22. The molecule has 0 aliphatic rings. The molecular formula is C13H14O2. The van der Waals surface area contributed by atoms with Crippen LogP contribution in [0.3, 0.4) is 0 Å². The molecule has 1 aromatic carbocycles. The van der Waals surface area contributed by atoms with Crippen LogP contribution in [-0.2, 0) is 6.42 Å². The van der Waals surface area contributed by atoms with Gasteiger partial charge in [-0.2, -0.15) is 0 Å². The van der Waals surface area contributed by atoms with E-state index >= 15 is 0 Å². The molecule has 0 radical (unpaired) electrons. The van der Waals surface area contributed by atoms with Gasteiger partial charge in [-0.15, -0.1) is 0 Å².